The summed E-state index contributed by atoms with van der Waals surface area (Å²) >= 11 is 23.5. The van der Waals surface area contributed by atoms with Crippen molar-refractivity contribution < 1.29 is 4.74 Å². The summed E-state index contributed by atoms with van der Waals surface area (Å²) in [6.07, 6.45) is 0. The minimum Gasteiger partial charge on any atom is -0.456 e. The van der Waals surface area contributed by atoms with Gasteiger partial charge in [-0.1, -0.05) is 46.4 Å². The monoisotopic (exact) mass is 306 g/mol. The summed E-state index contributed by atoms with van der Waals surface area (Å²) < 4.78 is 5.57. The number of benzene rings is 2. The Labute approximate surface area is 119 Å². The molecule has 1 nitrogen and oxygen atoms in total. The van der Waals surface area contributed by atoms with Gasteiger partial charge in [-0.25, -0.2) is 0 Å². The average molecular weight is 308 g/mol. The molecule has 0 unspecified atom stereocenters. The fourth-order valence-corrected chi connectivity index (χ4v) is 1.91. The van der Waals surface area contributed by atoms with Gasteiger partial charge in [-0.15, -0.1) is 0 Å². The Morgan fingerprint density at radius 2 is 1.29 bits per heavy atom. The predicted octanol–water partition coefficient (Wildman–Crippen LogP) is 6.09. The second kappa shape index (κ2) is 5.36. The number of hydrogen-bond acceptors (Lipinski definition) is 1. The highest BCUT2D eigenvalue weighted by Gasteiger charge is 2.08. The Morgan fingerprint density at radius 1 is 0.706 bits per heavy atom. The van der Waals surface area contributed by atoms with E-state index >= 15 is 0 Å². The van der Waals surface area contributed by atoms with Gasteiger partial charge in [0.25, 0.3) is 0 Å². The lowest BCUT2D eigenvalue weighted by Crippen LogP contribution is -1.85. The van der Waals surface area contributed by atoms with Gasteiger partial charge in [0, 0.05) is 11.1 Å². The first-order chi connectivity index (χ1) is 8.06. The first kappa shape index (κ1) is 12.8. The Bertz CT molecular complexity index is 537. The van der Waals surface area contributed by atoms with Crippen LogP contribution in [0.5, 0.6) is 11.5 Å². The second-order valence-corrected chi connectivity index (χ2v) is 4.91. The number of halogens is 4. The molecule has 0 atom stereocenters. The highest BCUT2D eigenvalue weighted by Crippen LogP contribution is 2.36. The van der Waals surface area contributed by atoms with Crippen molar-refractivity contribution in [3.8, 4) is 11.5 Å². The molecule has 0 aliphatic carbocycles. The summed E-state index contributed by atoms with van der Waals surface area (Å²) in [6.45, 7) is 0. The van der Waals surface area contributed by atoms with Crippen molar-refractivity contribution in [2.75, 3.05) is 0 Å². The molecule has 0 amide bonds. The lowest BCUT2D eigenvalue weighted by molar-refractivity contribution is 0.483. The minimum absolute atomic E-state index is 0.389. The van der Waals surface area contributed by atoms with Crippen LogP contribution < -0.4 is 4.74 Å². The van der Waals surface area contributed by atoms with Crippen molar-refractivity contribution in [2.45, 2.75) is 0 Å². The van der Waals surface area contributed by atoms with Crippen LogP contribution in [0.1, 0.15) is 0 Å². The van der Waals surface area contributed by atoms with Gasteiger partial charge in [0.05, 0.1) is 15.1 Å². The Kier molecular flexibility index (Phi) is 4.05. The summed E-state index contributed by atoms with van der Waals surface area (Å²) in [5.74, 6) is 1.07. The Balaban J connectivity index is 2.30. The van der Waals surface area contributed by atoms with Crippen LogP contribution in [0.4, 0.5) is 0 Å². The molecule has 0 saturated carbocycles. The molecule has 0 N–H and O–H groups in total. The van der Waals surface area contributed by atoms with Crippen molar-refractivity contribution in [1.82, 2.24) is 0 Å². The lowest BCUT2D eigenvalue weighted by Gasteiger charge is -2.08. The maximum absolute atomic E-state index is 5.99. The molecule has 2 aromatic rings. The summed E-state index contributed by atoms with van der Waals surface area (Å²) in [5.41, 5.74) is 0. The normalized spacial score (nSPS) is 10.4. The molecule has 2 rings (SSSR count). The van der Waals surface area contributed by atoms with Crippen LogP contribution in [0.3, 0.4) is 0 Å². The molecule has 0 aliphatic heterocycles. The van der Waals surface area contributed by atoms with Gasteiger partial charge >= 0.3 is 0 Å². The number of hydrogen-bond donors (Lipinski definition) is 0. The molecule has 0 bridgehead atoms. The van der Waals surface area contributed by atoms with Gasteiger partial charge in [0.1, 0.15) is 11.5 Å². The van der Waals surface area contributed by atoms with Crippen LogP contribution in [0.25, 0.3) is 0 Å². The van der Waals surface area contributed by atoms with Gasteiger partial charge in [0.15, 0.2) is 0 Å². The van der Waals surface area contributed by atoms with E-state index in [0.29, 0.717) is 31.6 Å². The molecular weight excluding hydrogens is 302 g/mol. The average Bonchev–Trinajstić information content (AvgIpc) is 2.29. The third kappa shape index (κ3) is 3.20. The fraction of sp³-hybridized carbons (Fsp3) is 0. The summed E-state index contributed by atoms with van der Waals surface area (Å²) in [7, 11) is 0. The molecule has 0 fully saturated rings. The second-order valence-electron chi connectivity index (χ2n) is 3.25. The van der Waals surface area contributed by atoms with Crippen LogP contribution in [0, 0.1) is 0 Å². The number of rotatable bonds is 2. The minimum atomic E-state index is 0.389. The summed E-state index contributed by atoms with van der Waals surface area (Å²) in [4.78, 5) is 0. The molecule has 0 saturated heterocycles. The smallest absolute Gasteiger partial charge is 0.147 e. The van der Waals surface area contributed by atoms with Crippen molar-refractivity contribution in [3.05, 3.63) is 56.5 Å². The van der Waals surface area contributed by atoms with Gasteiger partial charge in [0.2, 0.25) is 0 Å². The zero-order chi connectivity index (χ0) is 12.4. The summed E-state index contributed by atoms with van der Waals surface area (Å²) in [6, 6.07) is 10.0. The van der Waals surface area contributed by atoms with Crippen molar-refractivity contribution in [1.29, 1.82) is 0 Å². The van der Waals surface area contributed by atoms with E-state index in [1.165, 1.54) is 6.07 Å². The topological polar surface area (TPSA) is 9.23 Å². The van der Waals surface area contributed by atoms with Crippen molar-refractivity contribution in [2.24, 2.45) is 0 Å². The van der Waals surface area contributed by atoms with Crippen molar-refractivity contribution >= 4 is 46.4 Å². The molecule has 0 aliphatic rings. The van der Waals surface area contributed by atoms with E-state index in [1.54, 1.807) is 30.3 Å². The fourth-order valence-electron chi connectivity index (χ4n) is 1.21. The first-order valence-corrected chi connectivity index (χ1v) is 6.15. The van der Waals surface area contributed by atoms with Crippen LogP contribution in [-0.4, -0.2) is 0 Å². The number of ether oxygens (including phenoxy) is 1. The Morgan fingerprint density at radius 3 is 1.94 bits per heavy atom. The SMILES string of the molecule is Clc1ccc(Oc2cc(Cl)c(Cl)cc2Cl)cc1. The maximum Gasteiger partial charge on any atom is 0.147 e. The van der Waals surface area contributed by atoms with Crippen molar-refractivity contribution in [3.63, 3.8) is 0 Å². The van der Waals surface area contributed by atoms with Gasteiger partial charge in [-0.2, -0.15) is 0 Å². The van der Waals surface area contributed by atoms with E-state index in [2.05, 4.69) is 0 Å². The maximum atomic E-state index is 5.99. The van der Waals surface area contributed by atoms with E-state index in [0.717, 1.165) is 0 Å². The highest BCUT2D eigenvalue weighted by molar-refractivity contribution is 6.43. The standard InChI is InChI=1S/C12H6Cl4O/c13-7-1-3-8(4-2-7)17-12-6-10(15)9(14)5-11(12)16/h1-6H. The molecule has 5 heteroatoms. The molecule has 17 heavy (non-hydrogen) atoms. The quantitative estimate of drug-likeness (QED) is 0.610. The van der Waals surface area contributed by atoms with E-state index < -0.39 is 0 Å². The van der Waals surface area contributed by atoms with Gasteiger partial charge in [-0.3, -0.25) is 0 Å². The zero-order valence-corrected chi connectivity index (χ0v) is 11.4. The summed E-state index contributed by atoms with van der Waals surface area (Å²) in [5, 5.41) is 1.81. The van der Waals surface area contributed by atoms with E-state index in [1.807, 2.05) is 0 Å². The van der Waals surface area contributed by atoms with E-state index in [-0.39, 0.29) is 0 Å². The third-order valence-electron chi connectivity index (χ3n) is 2.02. The van der Waals surface area contributed by atoms with E-state index in [4.69, 9.17) is 51.1 Å². The highest BCUT2D eigenvalue weighted by atomic mass is 35.5. The van der Waals surface area contributed by atoms with Gasteiger partial charge < -0.3 is 4.74 Å². The molecular formula is C12H6Cl4O. The van der Waals surface area contributed by atoms with Crippen LogP contribution in [-0.2, 0) is 0 Å². The predicted molar refractivity (Wildman–Crippen MR) is 73.0 cm³/mol. The molecule has 0 aromatic heterocycles. The Hall–Kier alpha value is -0.600. The van der Waals surface area contributed by atoms with Crippen LogP contribution >= 0.6 is 46.4 Å². The van der Waals surface area contributed by atoms with Crippen LogP contribution in [0.2, 0.25) is 20.1 Å². The molecule has 2 aromatic carbocycles. The first-order valence-electron chi connectivity index (χ1n) is 4.64. The van der Waals surface area contributed by atoms with Gasteiger partial charge in [-0.05, 0) is 30.3 Å². The molecule has 0 spiro atoms. The third-order valence-corrected chi connectivity index (χ3v) is 3.29. The molecule has 0 heterocycles. The lowest BCUT2D eigenvalue weighted by atomic mass is 10.3. The molecule has 88 valence electrons. The largest absolute Gasteiger partial charge is 0.456 e. The van der Waals surface area contributed by atoms with E-state index in [9.17, 15) is 0 Å². The van der Waals surface area contributed by atoms with Crippen LogP contribution in [0.15, 0.2) is 36.4 Å². The zero-order valence-electron chi connectivity index (χ0n) is 8.38. The molecule has 0 radical (unpaired) electrons.